The first-order valence-corrected chi connectivity index (χ1v) is 15.3. The molecular formula is C34H56CoN3. The Labute approximate surface area is 243 Å². The molecule has 4 N–H and O–H groups in total. The van der Waals surface area contributed by atoms with Gasteiger partial charge in [-0.15, -0.1) is 0 Å². The zero-order chi connectivity index (χ0) is 29.1. The van der Waals surface area contributed by atoms with Crippen molar-refractivity contribution in [3.8, 4) is 0 Å². The number of hydrogen-bond acceptors (Lipinski definition) is 3. The van der Waals surface area contributed by atoms with E-state index in [1.807, 2.05) is 3.95 Å². The van der Waals surface area contributed by atoms with Gasteiger partial charge in [0.2, 0.25) is 0 Å². The molecule has 0 fully saturated rings. The summed E-state index contributed by atoms with van der Waals surface area (Å²) in [6.07, 6.45) is 0. The SMILES string of the molecule is CC(C)c1cc(C(C)C)c(C(N)C[N]([Co])CC(N)c2c(C(C)C)cc(C(C)C)cc2C(C)C)c(C(C)C)c1. The van der Waals surface area contributed by atoms with Crippen LogP contribution in [-0.2, 0) is 16.0 Å². The molecule has 0 aliphatic heterocycles. The summed E-state index contributed by atoms with van der Waals surface area (Å²) in [5, 5.41) is 0. The maximum absolute atomic E-state index is 6.99. The minimum atomic E-state index is -0.133. The average Bonchev–Trinajstić information content (AvgIpc) is 2.81. The fraction of sp³-hybridized carbons (Fsp3) is 0.647. The molecule has 0 aliphatic rings. The Morgan fingerprint density at radius 2 is 0.737 bits per heavy atom. The summed E-state index contributed by atoms with van der Waals surface area (Å²) in [4.78, 5) is 0. The third kappa shape index (κ3) is 7.94. The van der Waals surface area contributed by atoms with Crippen LogP contribution in [0, 0.1) is 0 Å². The second-order valence-corrected chi connectivity index (χ2v) is 13.8. The molecule has 216 valence electrons. The normalized spacial score (nSPS) is 14.3. The molecule has 2 rings (SSSR count). The first kappa shape index (κ1) is 33.0. The van der Waals surface area contributed by atoms with Gasteiger partial charge in [0.1, 0.15) is 0 Å². The predicted molar refractivity (Wildman–Crippen MR) is 163 cm³/mol. The van der Waals surface area contributed by atoms with E-state index in [2.05, 4.69) is 107 Å². The van der Waals surface area contributed by atoms with Crippen molar-refractivity contribution in [3.63, 3.8) is 0 Å². The van der Waals surface area contributed by atoms with E-state index < -0.39 is 0 Å². The molecule has 0 spiro atoms. The summed E-state index contributed by atoms with van der Waals surface area (Å²) < 4.78 is 2.04. The predicted octanol–water partition coefficient (Wildman–Crippen LogP) is 8.89. The molecule has 38 heavy (non-hydrogen) atoms. The van der Waals surface area contributed by atoms with Gasteiger partial charge in [-0.1, -0.05) is 0 Å². The van der Waals surface area contributed by atoms with Crippen LogP contribution in [0.5, 0.6) is 0 Å². The van der Waals surface area contributed by atoms with Crippen molar-refractivity contribution in [1.29, 1.82) is 0 Å². The van der Waals surface area contributed by atoms with Crippen LogP contribution < -0.4 is 11.5 Å². The summed E-state index contributed by atoms with van der Waals surface area (Å²) in [6, 6.07) is 9.25. The molecule has 0 saturated heterocycles. The van der Waals surface area contributed by atoms with Gasteiger partial charge in [-0.25, -0.2) is 0 Å². The molecule has 0 heterocycles. The second kappa shape index (κ2) is 13.9. The number of nitrogens with two attached hydrogens (primary N) is 2. The van der Waals surface area contributed by atoms with Crippen LogP contribution in [0.2, 0.25) is 0 Å². The van der Waals surface area contributed by atoms with Crippen LogP contribution in [0.25, 0.3) is 0 Å². The minimum absolute atomic E-state index is 0.133. The van der Waals surface area contributed by atoms with Crippen LogP contribution in [0.3, 0.4) is 0 Å². The van der Waals surface area contributed by atoms with Gasteiger partial charge < -0.3 is 0 Å². The Balaban J connectivity index is 2.43. The first-order chi connectivity index (χ1) is 17.6. The standard InChI is InChI=1S/C34H56N3.Co/c1-19(2)25-13-27(21(5)6)33(28(14-25)22(7)8)31(35)17-37-18-32(36)34-29(23(9)10)15-26(20(3)4)16-30(34)24(11)12;/h13-16,19-24,31-32H,17-18,35-36H2,1-12H3;/q-1;+1. The third-order valence-electron chi connectivity index (χ3n) is 7.87. The van der Waals surface area contributed by atoms with E-state index in [1.165, 1.54) is 44.5 Å². The summed E-state index contributed by atoms with van der Waals surface area (Å²) >= 11 is 5.00. The van der Waals surface area contributed by atoms with Crippen molar-refractivity contribution in [2.45, 2.75) is 131 Å². The van der Waals surface area contributed by atoms with Gasteiger partial charge in [0, 0.05) is 0 Å². The molecule has 2 aromatic rings. The van der Waals surface area contributed by atoms with Crippen molar-refractivity contribution in [1.82, 2.24) is 3.95 Å². The third-order valence-corrected chi connectivity index (χ3v) is 8.25. The fourth-order valence-electron chi connectivity index (χ4n) is 5.55. The van der Waals surface area contributed by atoms with E-state index in [0.29, 0.717) is 48.6 Å². The van der Waals surface area contributed by atoms with Gasteiger partial charge in [0.25, 0.3) is 0 Å². The molecule has 3 nitrogen and oxygen atoms in total. The van der Waals surface area contributed by atoms with Gasteiger partial charge in [-0.3, -0.25) is 0 Å². The number of hydrogen-bond donors (Lipinski definition) is 2. The molecule has 0 aromatic heterocycles. The van der Waals surface area contributed by atoms with E-state index >= 15 is 0 Å². The monoisotopic (exact) mass is 565 g/mol. The van der Waals surface area contributed by atoms with Crippen LogP contribution in [-0.4, -0.2) is 17.0 Å². The Kier molecular flexibility index (Phi) is 12.1. The van der Waals surface area contributed by atoms with Crippen LogP contribution in [0.4, 0.5) is 0 Å². The Bertz CT molecular complexity index is 910. The van der Waals surface area contributed by atoms with Crippen molar-refractivity contribution >= 4 is 0 Å². The molecule has 0 aliphatic carbocycles. The van der Waals surface area contributed by atoms with E-state index in [0.717, 1.165) is 0 Å². The Hall–Kier alpha value is -1.17. The second-order valence-electron chi connectivity index (χ2n) is 13.2. The van der Waals surface area contributed by atoms with Crippen molar-refractivity contribution < 1.29 is 16.0 Å². The average molecular weight is 566 g/mol. The topological polar surface area (TPSA) is 55.3 Å². The van der Waals surface area contributed by atoms with Crippen LogP contribution >= 0.6 is 0 Å². The van der Waals surface area contributed by atoms with Gasteiger partial charge in [0.15, 0.2) is 0 Å². The zero-order valence-electron chi connectivity index (χ0n) is 26.3. The molecule has 4 heteroatoms. The summed E-state index contributed by atoms with van der Waals surface area (Å²) in [5.41, 5.74) is 24.8. The van der Waals surface area contributed by atoms with E-state index in [4.69, 9.17) is 27.4 Å². The molecule has 0 radical (unpaired) electrons. The Morgan fingerprint density at radius 3 is 0.921 bits per heavy atom. The molecule has 2 unspecified atom stereocenters. The van der Waals surface area contributed by atoms with E-state index in [-0.39, 0.29) is 12.1 Å². The van der Waals surface area contributed by atoms with Gasteiger partial charge >= 0.3 is 244 Å². The summed E-state index contributed by atoms with van der Waals surface area (Å²) in [7, 11) is 0. The summed E-state index contributed by atoms with van der Waals surface area (Å²) in [6.45, 7) is 28.5. The number of nitrogens with zero attached hydrogens (tertiary/aromatic N) is 1. The van der Waals surface area contributed by atoms with Crippen molar-refractivity contribution in [3.05, 3.63) is 68.8 Å². The molecular weight excluding hydrogens is 509 g/mol. The molecule has 0 amide bonds. The molecule has 0 saturated carbocycles. The first-order valence-electron chi connectivity index (χ1n) is 14.8. The van der Waals surface area contributed by atoms with Crippen LogP contribution in [0.1, 0.15) is 175 Å². The molecule has 2 atom stereocenters. The van der Waals surface area contributed by atoms with E-state index in [9.17, 15) is 0 Å². The van der Waals surface area contributed by atoms with Crippen molar-refractivity contribution in [2.24, 2.45) is 11.5 Å². The van der Waals surface area contributed by atoms with Crippen molar-refractivity contribution in [2.75, 3.05) is 13.1 Å². The molecule has 0 bridgehead atoms. The zero-order valence-corrected chi connectivity index (χ0v) is 27.3. The molecule has 2 aromatic carbocycles. The maximum atomic E-state index is 6.99. The van der Waals surface area contributed by atoms with Crippen LogP contribution in [0.15, 0.2) is 24.3 Å². The van der Waals surface area contributed by atoms with Gasteiger partial charge in [-0.05, 0) is 0 Å². The fourth-order valence-corrected chi connectivity index (χ4v) is 5.96. The summed E-state index contributed by atoms with van der Waals surface area (Å²) in [5.74, 6) is 2.60. The van der Waals surface area contributed by atoms with Gasteiger partial charge in [-0.2, -0.15) is 0 Å². The number of benzene rings is 2. The Morgan fingerprint density at radius 1 is 0.500 bits per heavy atom. The van der Waals surface area contributed by atoms with E-state index in [1.54, 1.807) is 0 Å². The number of rotatable bonds is 12. The quantitative estimate of drug-likeness (QED) is 0.270. The van der Waals surface area contributed by atoms with Gasteiger partial charge in [0.05, 0.1) is 0 Å².